The maximum atomic E-state index is 11.2. The van der Waals surface area contributed by atoms with Gasteiger partial charge in [0.05, 0.1) is 5.57 Å². The fraction of sp³-hybridized carbons (Fsp3) is 0.125. The van der Waals surface area contributed by atoms with Gasteiger partial charge in [-0.1, -0.05) is 18.7 Å². The van der Waals surface area contributed by atoms with Crippen LogP contribution in [0.1, 0.15) is 0 Å². The van der Waals surface area contributed by atoms with Crippen molar-refractivity contribution < 1.29 is 4.79 Å². The van der Waals surface area contributed by atoms with Gasteiger partial charge in [0.1, 0.15) is 5.37 Å². The SMILES string of the molecule is C=CC=C1C(=O)N2C=CS[C@@H]12. The van der Waals surface area contributed by atoms with Gasteiger partial charge in [0.15, 0.2) is 0 Å². The minimum atomic E-state index is 0.108. The van der Waals surface area contributed by atoms with E-state index in [0.29, 0.717) is 0 Å². The molecular formula is C8H7NOS. The molecule has 3 heteroatoms. The summed E-state index contributed by atoms with van der Waals surface area (Å²) in [6, 6.07) is 0. The first-order valence-corrected chi connectivity index (χ1v) is 4.26. The van der Waals surface area contributed by atoms with Crippen molar-refractivity contribution in [3.63, 3.8) is 0 Å². The number of β-lactam (4-membered cyclic amide) rings is 1. The van der Waals surface area contributed by atoms with Crippen molar-refractivity contribution in [1.29, 1.82) is 0 Å². The molecule has 0 aromatic rings. The molecule has 1 saturated heterocycles. The fourth-order valence-electron chi connectivity index (χ4n) is 1.19. The second-order valence-corrected chi connectivity index (χ2v) is 3.33. The van der Waals surface area contributed by atoms with Gasteiger partial charge in [-0.25, -0.2) is 0 Å². The summed E-state index contributed by atoms with van der Waals surface area (Å²) in [5, 5.41) is 2.17. The van der Waals surface area contributed by atoms with Crippen molar-refractivity contribution >= 4 is 17.7 Å². The van der Waals surface area contributed by atoms with E-state index in [2.05, 4.69) is 6.58 Å². The van der Waals surface area contributed by atoms with Crippen LogP contribution in [0.2, 0.25) is 0 Å². The van der Waals surface area contributed by atoms with Crippen LogP contribution in [-0.2, 0) is 4.79 Å². The summed E-state index contributed by atoms with van der Waals surface area (Å²) in [5.74, 6) is 0.108. The third-order valence-electron chi connectivity index (χ3n) is 1.73. The van der Waals surface area contributed by atoms with Crippen LogP contribution in [0.5, 0.6) is 0 Å². The Labute approximate surface area is 69.3 Å². The lowest BCUT2D eigenvalue weighted by atomic mass is 10.1. The second kappa shape index (κ2) is 2.27. The molecule has 0 bridgehead atoms. The van der Waals surface area contributed by atoms with Gasteiger partial charge in [-0.3, -0.25) is 9.69 Å². The first-order valence-electron chi connectivity index (χ1n) is 3.32. The molecule has 11 heavy (non-hydrogen) atoms. The number of hydrogen-bond acceptors (Lipinski definition) is 2. The summed E-state index contributed by atoms with van der Waals surface area (Å²) in [6.07, 6.45) is 5.26. The lowest BCUT2D eigenvalue weighted by Gasteiger charge is -2.35. The summed E-state index contributed by atoms with van der Waals surface area (Å²) in [4.78, 5) is 12.9. The largest absolute Gasteiger partial charge is 0.298 e. The predicted molar refractivity (Wildman–Crippen MR) is 45.6 cm³/mol. The number of carbonyl (C=O) groups excluding carboxylic acids is 1. The summed E-state index contributed by atoms with van der Waals surface area (Å²) >= 11 is 1.65. The predicted octanol–water partition coefficient (Wildman–Crippen LogP) is 1.49. The lowest BCUT2D eigenvalue weighted by molar-refractivity contribution is -0.130. The summed E-state index contributed by atoms with van der Waals surface area (Å²) < 4.78 is 0. The first-order chi connectivity index (χ1) is 5.34. The Kier molecular flexibility index (Phi) is 1.39. The zero-order valence-corrected chi connectivity index (χ0v) is 6.67. The molecule has 0 aromatic heterocycles. The van der Waals surface area contributed by atoms with Crippen LogP contribution in [0.3, 0.4) is 0 Å². The smallest absolute Gasteiger partial charge is 0.258 e. The summed E-state index contributed by atoms with van der Waals surface area (Å²) in [7, 11) is 0. The highest BCUT2D eigenvalue weighted by molar-refractivity contribution is 8.03. The van der Waals surface area contributed by atoms with Crippen molar-refractivity contribution in [2.24, 2.45) is 0 Å². The lowest BCUT2D eigenvalue weighted by Crippen LogP contribution is -2.47. The molecule has 2 aliphatic heterocycles. The van der Waals surface area contributed by atoms with E-state index in [0.717, 1.165) is 5.57 Å². The average Bonchev–Trinajstić information content (AvgIpc) is 2.44. The molecule has 2 nitrogen and oxygen atoms in total. The molecular weight excluding hydrogens is 158 g/mol. The van der Waals surface area contributed by atoms with Crippen LogP contribution < -0.4 is 0 Å². The molecule has 2 rings (SSSR count). The van der Waals surface area contributed by atoms with Gasteiger partial charge in [0.25, 0.3) is 5.91 Å². The average molecular weight is 165 g/mol. The molecule has 1 amide bonds. The van der Waals surface area contributed by atoms with Crippen molar-refractivity contribution in [3.05, 3.63) is 35.9 Å². The zero-order valence-electron chi connectivity index (χ0n) is 5.86. The third-order valence-corrected chi connectivity index (χ3v) is 2.74. The van der Waals surface area contributed by atoms with Gasteiger partial charge in [0, 0.05) is 6.20 Å². The minimum absolute atomic E-state index is 0.108. The van der Waals surface area contributed by atoms with Crippen LogP contribution in [0.25, 0.3) is 0 Å². The Morgan fingerprint density at radius 3 is 3.27 bits per heavy atom. The maximum Gasteiger partial charge on any atom is 0.258 e. The molecule has 0 aromatic carbocycles. The molecule has 1 atom stereocenters. The van der Waals surface area contributed by atoms with Crippen molar-refractivity contribution in [3.8, 4) is 0 Å². The quantitative estimate of drug-likeness (QED) is 0.433. The van der Waals surface area contributed by atoms with Crippen LogP contribution in [-0.4, -0.2) is 16.2 Å². The molecule has 0 aliphatic carbocycles. The zero-order chi connectivity index (χ0) is 7.84. The third kappa shape index (κ3) is 0.775. The summed E-state index contributed by atoms with van der Waals surface area (Å²) in [5.41, 5.74) is 0.856. The second-order valence-electron chi connectivity index (χ2n) is 2.34. The van der Waals surface area contributed by atoms with E-state index in [-0.39, 0.29) is 11.3 Å². The van der Waals surface area contributed by atoms with Gasteiger partial charge in [-0.05, 0) is 5.41 Å². The molecule has 2 heterocycles. The van der Waals surface area contributed by atoms with Gasteiger partial charge in [0.2, 0.25) is 0 Å². The molecule has 0 radical (unpaired) electrons. The van der Waals surface area contributed by atoms with E-state index >= 15 is 0 Å². The molecule has 56 valence electrons. The van der Waals surface area contributed by atoms with Crippen LogP contribution in [0, 0.1) is 0 Å². The van der Waals surface area contributed by atoms with Gasteiger partial charge >= 0.3 is 0 Å². The molecule has 0 spiro atoms. The number of amides is 1. The van der Waals surface area contributed by atoms with Gasteiger partial charge < -0.3 is 0 Å². The summed E-state index contributed by atoms with van der Waals surface area (Å²) in [6.45, 7) is 3.55. The van der Waals surface area contributed by atoms with E-state index in [1.54, 1.807) is 28.8 Å². The molecule has 0 N–H and O–H groups in total. The Bertz CT molecular complexity index is 280. The molecule has 1 fully saturated rings. The standard InChI is InChI=1S/C8H7NOS/c1-2-3-6-7(10)9-4-5-11-8(6)9/h2-5,8H,1H2/t8-/m0/s1. The van der Waals surface area contributed by atoms with Crippen LogP contribution in [0.4, 0.5) is 0 Å². The van der Waals surface area contributed by atoms with E-state index in [1.807, 2.05) is 11.6 Å². The number of allylic oxidation sites excluding steroid dienone is 2. The van der Waals surface area contributed by atoms with E-state index in [4.69, 9.17) is 0 Å². The molecule has 0 unspecified atom stereocenters. The Hall–Kier alpha value is -0.960. The van der Waals surface area contributed by atoms with E-state index < -0.39 is 0 Å². The van der Waals surface area contributed by atoms with Crippen molar-refractivity contribution in [2.45, 2.75) is 5.37 Å². The van der Waals surface area contributed by atoms with Gasteiger partial charge in [-0.15, -0.1) is 11.8 Å². The normalized spacial score (nSPS) is 30.5. The highest BCUT2D eigenvalue weighted by Crippen LogP contribution is 2.40. The highest BCUT2D eigenvalue weighted by atomic mass is 32.2. The molecule has 0 saturated carbocycles. The van der Waals surface area contributed by atoms with E-state index in [9.17, 15) is 4.79 Å². The number of thioether (sulfide) groups is 1. The topological polar surface area (TPSA) is 20.3 Å². The Morgan fingerprint density at radius 1 is 1.73 bits per heavy atom. The van der Waals surface area contributed by atoms with Crippen molar-refractivity contribution in [2.75, 3.05) is 0 Å². The fourth-order valence-corrected chi connectivity index (χ4v) is 2.16. The monoisotopic (exact) mass is 165 g/mol. The first kappa shape index (κ1) is 6.73. The van der Waals surface area contributed by atoms with Crippen LogP contribution in [0.15, 0.2) is 35.9 Å². The number of carbonyl (C=O) groups is 1. The van der Waals surface area contributed by atoms with E-state index in [1.165, 1.54) is 0 Å². The Balaban J connectivity index is 2.25. The van der Waals surface area contributed by atoms with Crippen molar-refractivity contribution in [1.82, 2.24) is 4.90 Å². The minimum Gasteiger partial charge on any atom is -0.298 e. The number of rotatable bonds is 1. The number of nitrogens with zero attached hydrogens (tertiary/aromatic N) is 1. The van der Waals surface area contributed by atoms with Crippen LogP contribution >= 0.6 is 11.8 Å². The number of hydrogen-bond donors (Lipinski definition) is 0. The highest BCUT2D eigenvalue weighted by Gasteiger charge is 2.42. The van der Waals surface area contributed by atoms with Gasteiger partial charge in [-0.2, -0.15) is 0 Å². The Morgan fingerprint density at radius 2 is 2.55 bits per heavy atom. The maximum absolute atomic E-state index is 11.2. The number of fused-ring (bicyclic) bond motifs is 1. The molecule has 2 aliphatic rings.